The summed E-state index contributed by atoms with van der Waals surface area (Å²) in [4.78, 5) is 23.7. The van der Waals surface area contributed by atoms with Gasteiger partial charge in [0.2, 0.25) is 0 Å². The molecule has 156 valence electrons. The third-order valence-corrected chi connectivity index (χ3v) is 6.80. The molecule has 6 heteroatoms. The zero-order valence-corrected chi connectivity index (χ0v) is 18.4. The Labute approximate surface area is 182 Å². The van der Waals surface area contributed by atoms with Gasteiger partial charge in [0.15, 0.2) is 0 Å². The molecular weight excluding hydrogens is 392 g/mol. The Morgan fingerprint density at radius 2 is 1.83 bits per heavy atom. The van der Waals surface area contributed by atoms with Crippen molar-refractivity contribution < 1.29 is 4.79 Å². The molecule has 1 amide bonds. The molecule has 5 nitrogen and oxygen atoms in total. The molecule has 2 aromatic heterocycles. The molecule has 3 aromatic rings. The molecule has 1 aliphatic heterocycles. The van der Waals surface area contributed by atoms with Crippen LogP contribution in [-0.2, 0) is 6.42 Å². The van der Waals surface area contributed by atoms with Gasteiger partial charge in [-0.05, 0) is 43.8 Å². The van der Waals surface area contributed by atoms with E-state index in [1.54, 1.807) is 11.3 Å². The summed E-state index contributed by atoms with van der Waals surface area (Å²) >= 11 is 1.67. The van der Waals surface area contributed by atoms with Crippen LogP contribution >= 0.6 is 11.3 Å². The summed E-state index contributed by atoms with van der Waals surface area (Å²) in [6.45, 7) is 6.16. The third kappa shape index (κ3) is 4.61. The van der Waals surface area contributed by atoms with Gasteiger partial charge in [0.1, 0.15) is 5.00 Å². The molecule has 1 aliphatic rings. The standard InChI is InChI=1S/C24H28N4OS/c1-3-19-17-20(24(30-19)26-23(29)18-9-5-4-6-10-18)22(21-11-7-8-12-25-21)28-15-13-27(2)14-16-28/h4-12,17,22H,3,13-16H2,1-2H3,(H,26,29). The lowest BCUT2D eigenvalue weighted by molar-refractivity contribution is 0.102. The highest BCUT2D eigenvalue weighted by Crippen LogP contribution is 2.39. The number of nitrogens with one attached hydrogen (secondary N) is 1. The van der Waals surface area contributed by atoms with Crippen LogP contribution in [0, 0.1) is 0 Å². The van der Waals surface area contributed by atoms with Crippen molar-refractivity contribution in [2.75, 3.05) is 38.5 Å². The van der Waals surface area contributed by atoms with E-state index >= 15 is 0 Å². The predicted molar refractivity (Wildman–Crippen MR) is 123 cm³/mol. The van der Waals surface area contributed by atoms with E-state index in [1.807, 2.05) is 48.7 Å². The Bertz CT molecular complexity index is 965. The average Bonchev–Trinajstić information content (AvgIpc) is 3.19. The number of amides is 1. The number of carbonyl (C=O) groups is 1. The second-order valence-corrected chi connectivity index (χ2v) is 8.80. The van der Waals surface area contributed by atoms with Crippen molar-refractivity contribution in [3.63, 3.8) is 0 Å². The van der Waals surface area contributed by atoms with Crippen LogP contribution in [0.15, 0.2) is 60.8 Å². The van der Waals surface area contributed by atoms with Gasteiger partial charge in [-0.15, -0.1) is 11.3 Å². The Hall–Kier alpha value is -2.54. The largest absolute Gasteiger partial charge is 0.313 e. The molecule has 30 heavy (non-hydrogen) atoms. The van der Waals surface area contributed by atoms with Crippen LogP contribution in [0.2, 0.25) is 0 Å². The number of pyridine rings is 1. The van der Waals surface area contributed by atoms with Crippen LogP contribution in [0.4, 0.5) is 5.00 Å². The lowest BCUT2D eigenvalue weighted by Crippen LogP contribution is -2.46. The van der Waals surface area contributed by atoms with E-state index in [9.17, 15) is 4.79 Å². The van der Waals surface area contributed by atoms with Crippen LogP contribution in [-0.4, -0.2) is 53.9 Å². The van der Waals surface area contributed by atoms with Gasteiger partial charge >= 0.3 is 0 Å². The van der Waals surface area contributed by atoms with E-state index in [-0.39, 0.29) is 11.9 Å². The first kappa shape index (κ1) is 20.7. The Morgan fingerprint density at radius 1 is 1.10 bits per heavy atom. The number of anilines is 1. The van der Waals surface area contributed by atoms with E-state index in [1.165, 1.54) is 4.88 Å². The van der Waals surface area contributed by atoms with Gasteiger partial charge in [0.05, 0.1) is 11.7 Å². The molecule has 1 saturated heterocycles. The molecule has 0 saturated carbocycles. The van der Waals surface area contributed by atoms with Crippen molar-refractivity contribution in [2.24, 2.45) is 0 Å². The number of carbonyl (C=O) groups excluding carboxylic acids is 1. The fourth-order valence-corrected chi connectivity index (χ4v) is 4.88. The molecule has 0 aliphatic carbocycles. The zero-order chi connectivity index (χ0) is 20.9. The molecule has 1 N–H and O–H groups in total. The summed E-state index contributed by atoms with van der Waals surface area (Å²) in [7, 11) is 2.17. The first-order valence-electron chi connectivity index (χ1n) is 10.5. The van der Waals surface area contributed by atoms with Gasteiger partial charge in [-0.3, -0.25) is 14.7 Å². The van der Waals surface area contributed by atoms with Gasteiger partial charge < -0.3 is 10.2 Å². The second-order valence-electron chi connectivity index (χ2n) is 7.67. The number of benzene rings is 1. The van der Waals surface area contributed by atoms with E-state index in [0.717, 1.165) is 48.9 Å². The minimum atomic E-state index is -0.0699. The smallest absolute Gasteiger partial charge is 0.256 e. The van der Waals surface area contributed by atoms with Crippen LogP contribution in [0.3, 0.4) is 0 Å². The normalized spacial score (nSPS) is 16.3. The molecule has 0 radical (unpaired) electrons. The fraction of sp³-hybridized carbons (Fsp3) is 0.333. The zero-order valence-electron chi connectivity index (χ0n) is 17.5. The first-order chi connectivity index (χ1) is 14.7. The highest BCUT2D eigenvalue weighted by Gasteiger charge is 2.30. The lowest BCUT2D eigenvalue weighted by Gasteiger charge is -2.38. The summed E-state index contributed by atoms with van der Waals surface area (Å²) in [6.07, 6.45) is 2.80. The summed E-state index contributed by atoms with van der Waals surface area (Å²) in [5, 5.41) is 4.12. The Kier molecular flexibility index (Phi) is 6.57. The molecule has 4 rings (SSSR count). The Balaban J connectivity index is 1.71. The molecule has 1 atom stereocenters. The SMILES string of the molecule is CCc1cc(C(c2ccccn2)N2CCN(C)CC2)c(NC(=O)c2ccccc2)s1. The fourth-order valence-electron chi connectivity index (χ4n) is 3.86. The summed E-state index contributed by atoms with van der Waals surface area (Å²) in [6, 6.07) is 17.8. The van der Waals surface area contributed by atoms with Crippen LogP contribution in [0.1, 0.15) is 39.5 Å². The van der Waals surface area contributed by atoms with Crippen molar-refractivity contribution in [3.8, 4) is 0 Å². The average molecular weight is 421 g/mol. The van der Waals surface area contributed by atoms with Crippen molar-refractivity contribution >= 4 is 22.2 Å². The number of nitrogens with zero attached hydrogens (tertiary/aromatic N) is 3. The highest BCUT2D eigenvalue weighted by molar-refractivity contribution is 7.16. The van der Waals surface area contributed by atoms with Crippen LogP contribution in [0.5, 0.6) is 0 Å². The minimum Gasteiger partial charge on any atom is -0.313 e. The molecule has 3 heterocycles. The molecule has 0 spiro atoms. The second kappa shape index (κ2) is 9.51. The highest BCUT2D eigenvalue weighted by atomic mass is 32.1. The van der Waals surface area contributed by atoms with Crippen molar-refractivity contribution in [1.82, 2.24) is 14.8 Å². The number of thiophene rings is 1. The van der Waals surface area contributed by atoms with Gasteiger partial charge in [0.25, 0.3) is 5.91 Å². The number of hydrogen-bond acceptors (Lipinski definition) is 5. The van der Waals surface area contributed by atoms with E-state index < -0.39 is 0 Å². The van der Waals surface area contributed by atoms with Crippen molar-refractivity contribution in [2.45, 2.75) is 19.4 Å². The summed E-state index contributed by atoms with van der Waals surface area (Å²) in [5.41, 5.74) is 2.84. The number of aryl methyl sites for hydroxylation is 1. The number of piperazine rings is 1. The van der Waals surface area contributed by atoms with Crippen molar-refractivity contribution in [1.29, 1.82) is 0 Å². The number of hydrogen-bond donors (Lipinski definition) is 1. The van der Waals surface area contributed by atoms with Gasteiger partial charge in [-0.2, -0.15) is 0 Å². The number of likely N-dealkylation sites (N-methyl/N-ethyl adjacent to an activating group) is 1. The summed E-state index contributed by atoms with van der Waals surface area (Å²) in [5.74, 6) is -0.0699. The predicted octanol–water partition coefficient (Wildman–Crippen LogP) is 4.29. The maximum atomic E-state index is 12.9. The van der Waals surface area contributed by atoms with Crippen LogP contribution < -0.4 is 5.32 Å². The Morgan fingerprint density at radius 3 is 2.50 bits per heavy atom. The maximum Gasteiger partial charge on any atom is 0.256 e. The van der Waals surface area contributed by atoms with E-state index in [4.69, 9.17) is 4.98 Å². The van der Waals surface area contributed by atoms with Crippen LogP contribution in [0.25, 0.3) is 0 Å². The van der Waals surface area contributed by atoms with Gasteiger partial charge in [-0.25, -0.2) is 0 Å². The van der Waals surface area contributed by atoms with E-state index in [0.29, 0.717) is 5.56 Å². The molecular formula is C24H28N4OS. The van der Waals surface area contributed by atoms with E-state index in [2.05, 4.69) is 41.2 Å². The topological polar surface area (TPSA) is 48.5 Å². The molecule has 1 fully saturated rings. The monoisotopic (exact) mass is 420 g/mol. The first-order valence-corrected chi connectivity index (χ1v) is 11.3. The lowest BCUT2D eigenvalue weighted by atomic mass is 10.0. The molecule has 0 bridgehead atoms. The van der Waals surface area contributed by atoms with Crippen molar-refractivity contribution in [3.05, 3.63) is 82.5 Å². The number of rotatable bonds is 6. The third-order valence-electron chi connectivity index (χ3n) is 5.59. The maximum absolute atomic E-state index is 12.9. The molecule has 1 unspecified atom stereocenters. The number of aromatic nitrogens is 1. The minimum absolute atomic E-state index is 0.0301. The quantitative estimate of drug-likeness (QED) is 0.646. The van der Waals surface area contributed by atoms with Gasteiger partial charge in [-0.1, -0.05) is 31.2 Å². The van der Waals surface area contributed by atoms with Gasteiger partial charge in [0, 0.05) is 48.4 Å². The summed E-state index contributed by atoms with van der Waals surface area (Å²) < 4.78 is 0. The molecule has 1 aromatic carbocycles.